The van der Waals surface area contributed by atoms with Crippen LogP contribution in [0.5, 0.6) is 0 Å². The fourth-order valence-electron chi connectivity index (χ4n) is 1.87. The molecular weight excluding hydrogens is 244 g/mol. The molecule has 2 N–H and O–H groups in total. The molecule has 0 aromatic rings. The van der Waals surface area contributed by atoms with Crippen molar-refractivity contribution in [3.8, 4) is 0 Å². The number of hydrogen-bond donors (Lipinski definition) is 2. The van der Waals surface area contributed by atoms with Crippen LogP contribution in [0.25, 0.3) is 0 Å². The van der Waals surface area contributed by atoms with Crippen molar-refractivity contribution in [2.24, 2.45) is 11.3 Å². The number of nitrogens with zero attached hydrogens (tertiary/aromatic N) is 1. The molecule has 0 aromatic heterocycles. The maximum atomic E-state index is 11.8. The first-order chi connectivity index (χ1) is 8.69. The van der Waals surface area contributed by atoms with Crippen molar-refractivity contribution in [2.45, 2.75) is 46.1 Å². The van der Waals surface area contributed by atoms with Gasteiger partial charge in [0.25, 0.3) is 0 Å². The Morgan fingerprint density at radius 1 is 1.37 bits per heavy atom. The average molecular weight is 270 g/mol. The Balaban J connectivity index is 2.24. The molecule has 1 aliphatic carbocycles. The summed E-state index contributed by atoms with van der Waals surface area (Å²) in [6.45, 7) is 6.28. The Hall–Kier alpha value is -1.10. The van der Waals surface area contributed by atoms with Crippen molar-refractivity contribution in [3.63, 3.8) is 0 Å². The summed E-state index contributed by atoms with van der Waals surface area (Å²) in [4.78, 5) is 24.9. The maximum absolute atomic E-state index is 11.8. The van der Waals surface area contributed by atoms with Gasteiger partial charge in [-0.2, -0.15) is 0 Å². The average Bonchev–Trinajstić information content (AvgIpc) is 3.06. The summed E-state index contributed by atoms with van der Waals surface area (Å²) < 4.78 is 0. The Bertz CT molecular complexity index is 332. The highest BCUT2D eigenvalue weighted by atomic mass is 16.3. The molecule has 0 radical (unpaired) electrons. The highest BCUT2D eigenvalue weighted by Gasteiger charge is 2.31. The van der Waals surface area contributed by atoms with E-state index in [9.17, 15) is 14.7 Å². The van der Waals surface area contributed by atoms with Gasteiger partial charge in [-0.25, -0.2) is 0 Å². The van der Waals surface area contributed by atoms with Crippen LogP contribution in [0.15, 0.2) is 0 Å². The molecule has 1 atom stereocenters. The lowest BCUT2D eigenvalue weighted by atomic mass is 9.92. The summed E-state index contributed by atoms with van der Waals surface area (Å²) in [6, 6.07) is 0. The van der Waals surface area contributed by atoms with E-state index in [4.69, 9.17) is 0 Å². The molecule has 5 nitrogen and oxygen atoms in total. The predicted octanol–water partition coefficient (Wildman–Crippen LogP) is 0.768. The van der Waals surface area contributed by atoms with E-state index in [0.717, 1.165) is 12.8 Å². The maximum Gasteiger partial charge on any atom is 0.241 e. The first-order valence-corrected chi connectivity index (χ1v) is 6.88. The van der Waals surface area contributed by atoms with Crippen LogP contribution in [0.3, 0.4) is 0 Å². The minimum atomic E-state index is -0.431. The zero-order valence-electron chi connectivity index (χ0n) is 12.4. The van der Waals surface area contributed by atoms with Gasteiger partial charge in [0.05, 0.1) is 12.6 Å². The molecule has 0 heterocycles. The Kier molecular flexibility index (Phi) is 5.35. The zero-order chi connectivity index (χ0) is 14.6. The van der Waals surface area contributed by atoms with Crippen molar-refractivity contribution in [3.05, 3.63) is 0 Å². The minimum Gasteiger partial charge on any atom is -0.391 e. The van der Waals surface area contributed by atoms with E-state index < -0.39 is 6.10 Å². The summed E-state index contributed by atoms with van der Waals surface area (Å²) in [5, 5.41) is 12.4. The number of hydrogen-bond acceptors (Lipinski definition) is 3. The van der Waals surface area contributed by atoms with Crippen LogP contribution in [0, 0.1) is 11.3 Å². The van der Waals surface area contributed by atoms with Crippen LogP contribution in [0.1, 0.15) is 40.0 Å². The van der Waals surface area contributed by atoms with E-state index in [0.29, 0.717) is 18.9 Å². The van der Waals surface area contributed by atoms with Crippen molar-refractivity contribution in [1.29, 1.82) is 0 Å². The monoisotopic (exact) mass is 270 g/mol. The number of aliphatic hydroxyl groups is 1. The van der Waals surface area contributed by atoms with Crippen LogP contribution in [0.2, 0.25) is 0 Å². The third kappa shape index (κ3) is 6.57. The quantitative estimate of drug-likeness (QED) is 0.749. The Labute approximate surface area is 115 Å². The lowest BCUT2D eigenvalue weighted by molar-refractivity contribution is -0.133. The lowest BCUT2D eigenvalue weighted by Gasteiger charge is -2.22. The van der Waals surface area contributed by atoms with Gasteiger partial charge in [-0.3, -0.25) is 9.59 Å². The van der Waals surface area contributed by atoms with Crippen molar-refractivity contribution in [1.82, 2.24) is 10.2 Å². The number of amides is 2. The summed E-state index contributed by atoms with van der Waals surface area (Å²) >= 11 is 0. The van der Waals surface area contributed by atoms with Gasteiger partial charge < -0.3 is 15.3 Å². The van der Waals surface area contributed by atoms with Crippen molar-refractivity contribution in [2.75, 3.05) is 20.1 Å². The molecule has 0 spiro atoms. The van der Waals surface area contributed by atoms with E-state index >= 15 is 0 Å². The highest BCUT2D eigenvalue weighted by Crippen LogP contribution is 2.32. The number of nitrogens with one attached hydrogen (secondary N) is 1. The topological polar surface area (TPSA) is 69.6 Å². The molecule has 110 valence electrons. The van der Waals surface area contributed by atoms with Crippen molar-refractivity contribution >= 4 is 11.8 Å². The molecule has 0 saturated heterocycles. The van der Waals surface area contributed by atoms with Crippen LogP contribution in [-0.2, 0) is 9.59 Å². The van der Waals surface area contributed by atoms with Crippen LogP contribution >= 0.6 is 0 Å². The summed E-state index contributed by atoms with van der Waals surface area (Å²) in [5.74, 6) is 0.0738. The molecule has 19 heavy (non-hydrogen) atoms. The van der Waals surface area contributed by atoms with E-state index in [1.807, 2.05) is 20.8 Å². The van der Waals surface area contributed by atoms with Gasteiger partial charge in [0, 0.05) is 20.0 Å². The lowest BCUT2D eigenvalue weighted by Crippen LogP contribution is -2.42. The van der Waals surface area contributed by atoms with Gasteiger partial charge in [0.2, 0.25) is 11.8 Å². The highest BCUT2D eigenvalue weighted by molar-refractivity contribution is 5.84. The number of rotatable bonds is 6. The second-order valence-corrected chi connectivity index (χ2v) is 6.69. The molecule has 2 amide bonds. The van der Waals surface area contributed by atoms with Gasteiger partial charge >= 0.3 is 0 Å². The standard InChI is InChI=1S/C14H26N2O3/c1-14(2,3)7-12(18)15-8-13(19)16(4)9-11(17)10-5-6-10/h10-11,17H,5-9H2,1-4H3,(H,15,18). The second kappa shape index (κ2) is 6.37. The number of likely N-dealkylation sites (N-methyl/N-ethyl adjacent to an activating group) is 1. The normalized spacial score (nSPS) is 16.9. The largest absolute Gasteiger partial charge is 0.391 e. The van der Waals surface area contributed by atoms with Gasteiger partial charge in [-0.15, -0.1) is 0 Å². The van der Waals surface area contributed by atoms with E-state index in [1.165, 1.54) is 4.90 Å². The zero-order valence-corrected chi connectivity index (χ0v) is 12.4. The number of carbonyl (C=O) groups excluding carboxylic acids is 2. The minimum absolute atomic E-state index is 0.00278. The predicted molar refractivity (Wildman–Crippen MR) is 73.4 cm³/mol. The number of aliphatic hydroxyl groups excluding tert-OH is 1. The summed E-state index contributed by atoms with van der Waals surface area (Å²) in [5.41, 5.74) is -0.0821. The van der Waals surface area contributed by atoms with Crippen LogP contribution in [0.4, 0.5) is 0 Å². The van der Waals surface area contributed by atoms with E-state index in [1.54, 1.807) is 7.05 Å². The SMILES string of the molecule is CN(CC(O)C1CC1)C(=O)CNC(=O)CC(C)(C)C. The number of carbonyl (C=O) groups is 2. The van der Waals surface area contributed by atoms with E-state index in [-0.39, 0.29) is 23.8 Å². The Morgan fingerprint density at radius 2 is 1.95 bits per heavy atom. The molecule has 1 fully saturated rings. The second-order valence-electron chi connectivity index (χ2n) is 6.69. The first-order valence-electron chi connectivity index (χ1n) is 6.88. The van der Waals surface area contributed by atoms with Gasteiger partial charge in [0.1, 0.15) is 0 Å². The first kappa shape index (κ1) is 16.0. The summed E-state index contributed by atoms with van der Waals surface area (Å²) in [6.07, 6.45) is 2.06. The molecule has 5 heteroatoms. The molecule has 0 aromatic carbocycles. The molecule has 1 unspecified atom stereocenters. The summed E-state index contributed by atoms with van der Waals surface area (Å²) in [7, 11) is 1.66. The van der Waals surface area contributed by atoms with E-state index in [2.05, 4.69) is 5.32 Å². The van der Waals surface area contributed by atoms with Crippen LogP contribution in [-0.4, -0.2) is 48.1 Å². The molecule has 0 aliphatic heterocycles. The fraction of sp³-hybridized carbons (Fsp3) is 0.857. The van der Waals surface area contributed by atoms with Crippen molar-refractivity contribution < 1.29 is 14.7 Å². The molecule has 1 rings (SSSR count). The molecule has 0 bridgehead atoms. The molecule has 1 aliphatic rings. The van der Waals surface area contributed by atoms with Crippen LogP contribution < -0.4 is 5.32 Å². The smallest absolute Gasteiger partial charge is 0.241 e. The molecular formula is C14H26N2O3. The third-order valence-electron chi connectivity index (χ3n) is 3.18. The third-order valence-corrected chi connectivity index (χ3v) is 3.18. The molecule has 1 saturated carbocycles. The van der Waals surface area contributed by atoms with Gasteiger partial charge in [-0.05, 0) is 24.2 Å². The van der Waals surface area contributed by atoms with Gasteiger partial charge in [-0.1, -0.05) is 20.8 Å². The fourth-order valence-corrected chi connectivity index (χ4v) is 1.87. The Morgan fingerprint density at radius 3 is 2.42 bits per heavy atom. The van der Waals surface area contributed by atoms with Gasteiger partial charge in [0.15, 0.2) is 0 Å².